The molecule has 14 heavy (non-hydrogen) atoms. The molecule has 0 bridgehead atoms. The van der Waals surface area contributed by atoms with Gasteiger partial charge in [0.05, 0.1) is 12.9 Å². The van der Waals surface area contributed by atoms with Crippen molar-refractivity contribution in [3.8, 4) is 0 Å². The Labute approximate surface area is 82.2 Å². The van der Waals surface area contributed by atoms with E-state index in [-0.39, 0.29) is 12.0 Å². The highest BCUT2D eigenvalue weighted by molar-refractivity contribution is 5.82. The molecular formula is C12H12O2. The van der Waals surface area contributed by atoms with Gasteiger partial charge in [0.2, 0.25) is 0 Å². The second-order valence-electron chi connectivity index (χ2n) is 4.08. The Morgan fingerprint density at radius 3 is 2.79 bits per heavy atom. The van der Waals surface area contributed by atoms with Crippen molar-refractivity contribution in [1.82, 2.24) is 0 Å². The lowest BCUT2D eigenvalue weighted by Crippen LogP contribution is -2.10. The largest absolute Gasteiger partial charge is 0.464 e. The van der Waals surface area contributed by atoms with Crippen molar-refractivity contribution in [1.29, 1.82) is 0 Å². The minimum Gasteiger partial charge on any atom is -0.464 e. The summed E-state index contributed by atoms with van der Waals surface area (Å²) in [6, 6.07) is 8.00. The van der Waals surface area contributed by atoms with E-state index in [1.807, 2.05) is 18.2 Å². The third-order valence-corrected chi connectivity index (χ3v) is 3.21. The van der Waals surface area contributed by atoms with Gasteiger partial charge in [-0.15, -0.1) is 0 Å². The first-order valence-corrected chi connectivity index (χ1v) is 4.93. The molecular weight excluding hydrogens is 176 g/mol. The third-order valence-electron chi connectivity index (χ3n) is 3.21. The maximum atomic E-state index is 9.35. The van der Waals surface area contributed by atoms with Crippen LogP contribution in [-0.4, -0.2) is 11.7 Å². The average Bonchev–Trinajstić information content (AvgIpc) is 2.91. The van der Waals surface area contributed by atoms with Crippen molar-refractivity contribution in [3.05, 3.63) is 36.1 Å². The van der Waals surface area contributed by atoms with E-state index in [0.29, 0.717) is 0 Å². The molecule has 2 aromatic rings. The summed E-state index contributed by atoms with van der Waals surface area (Å²) in [5, 5.41) is 10.5. The molecule has 0 atom stereocenters. The normalized spacial score (nSPS) is 18.6. The van der Waals surface area contributed by atoms with Gasteiger partial charge in [0.1, 0.15) is 5.58 Å². The summed E-state index contributed by atoms with van der Waals surface area (Å²) >= 11 is 0. The summed E-state index contributed by atoms with van der Waals surface area (Å²) in [6.07, 6.45) is 3.95. The van der Waals surface area contributed by atoms with Crippen LogP contribution in [0.1, 0.15) is 18.4 Å². The van der Waals surface area contributed by atoms with Gasteiger partial charge in [0.25, 0.3) is 0 Å². The van der Waals surface area contributed by atoms with Gasteiger partial charge in [-0.25, -0.2) is 0 Å². The molecule has 3 rings (SSSR count). The Kier molecular flexibility index (Phi) is 1.50. The van der Waals surface area contributed by atoms with Gasteiger partial charge >= 0.3 is 0 Å². The van der Waals surface area contributed by atoms with Crippen LogP contribution >= 0.6 is 0 Å². The van der Waals surface area contributed by atoms with Gasteiger partial charge in [0, 0.05) is 16.4 Å². The van der Waals surface area contributed by atoms with Gasteiger partial charge in [-0.05, 0) is 18.9 Å². The van der Waals surface area contributed by atoms with E-state index >= 15 is 0 Å². The zero-order valence-corrected chi connectivity index (χ0v) is 7.86. The fourth-order valence-electron chi connectivity index (χ4n) is 2.05. The predicted octanol–water partition coefficient (Wildman–Crippen LogP) is 2.46. The van der Waals surface area contributed by atoms with Gasteiger partial charge in [-0.1, -0.05) is 18.2 Å². The minimum atomic E-state index is 0.00655. The van der Waals surface area contributed by atoms with Crippen molar-refractivity contribution in [2.24, 2.45) is 0 Å². The highest BCUT2D eigenvalue weighted by atomic mass is 16.3. The number of furan rings is 1. The number of aliphatic hydroxyl groups excluding tert-OH is 1. The van der Waals surface area contributed by atoms with E-state index in [9.17, 15) is 5.11 Å². The second kappa shape index (κ2) is 2.61. The van der Waals surface area contributed by atoms with Crippen LogP contribution in [0.25, 0.3) is 11.0 Å². The van der Waals surface area contributed by atoms with Crippen LogP contribution in [-0.2, 0) is 5.41 Å². The Balaban J connectivity index is 2.22. The summed E-state index contributed by atoms with van der Waals surface area (Å²) in [5.41, 5.74) is 2.10. The van der Waals surface area contributed by atoms with E-state index in [1.54, 1.807) is 6.26 Å². The fourth-order valence-corrected chi connectivity index (χ4v) is 2.05. The summed E-state index contributed by atoms with van der Waals surface area (Å²) in [7, 11) is 0. The highest BCUT2D eigenvalue weighted by Gasteiger charge is 2.45. The third kappa shape index (κ3) is 0.946. The summed E-state index contributed by atoms with van der Waals surface area (Å²) in [4.78, 5) is 0. The zero-order valence-electron chi connectivity index (χ0n) is 7.86. The summed E-state index contributed by atoms with van der Waals surface area (Å²) in [5.74, 6) is 0. The molecule has 0 amide bonds. The molecule has 1 fully saturated rings. The van der Waals surface area contributed by atoms with Crippen molar-refractivity contribution in [3.63, 3.8) is 0 Å². The second-order valence-corrected chi connectivity index (χ2v) is 4.08. The lowest BCUT2D eigenvalue weighted by molar-refractivity contribution is 0.255. The average molecular weight is 188 g/mol. The Morgan fingerprint density at radius 1 is 1.29 bits per heavy atom. The molecule has 72 valence electrons. The van der Waals surface area contributed by atoms with Crippen molar-refractivity contribution >= 4 is 11.0 Å². The molecule has 1 aromatic heterocycles. The van der Waals surface area contributed by atoms with Crippen molar-refractivity contribution < 1.29 is 9.52 Å². The Morgan fingerprint density at radius 2 is 2.07 bits per heavy atom. The topological polar surface area (TPSA) is 33.4 Å². The van der Waals surface area contributed by atoms with Crippen LogP contribution in [0.4, 0.5) is 0 Å². The number of benzene rings is 1. The zero-order chi connectivity index (χ0) is 9.60. The maximum Gasteiger partial charge on any atom is 0.134 e. The molecule has 0 saturated heterocycles. The molecule has 1 N–H and O–H groups in total. The van der Waals surface area contributed by atoms with E-state index in [0.717, 1.165) is 23.8 Å². The maximum absolute atomic E-state index is 9.35. The predicted molar refractivity (Wildman–Crippen MR) is 54.2 cm³/mol. The Bertz CT molecular complexity index is 466. The van der Waals surface area contributed by atoms with E-state index < -0.39 is 0 Å². The lowest BCUT2D eigenvalue weighted by Gasteiger charge is -2.08. The van der Waals surface area contributed by atoms with Gasteiger partial charge in [-0.3, -0.25) is 0 Å². The smallest absolute Gasteiger partial charge is 0.134 e. The van der Waals surface area contributed by atoms with E-state index in [1.165, 1.54) is 5.56 Å². The molecule has 1 heterocycles. The van der Waals surface area contributed by atoms with Crippen LogP contribution in [0, 0.1) is 0 Å². The molecule has 0 unspecified atom stereocenters. The number of hydrogen-bond donors (Lipinski definition) is 1. The number of aliphatic hydroxyl groups is 1. The molecule has 2 nitrogen and oxygen atoms in total. The SMILES string of the molecule is OCC1(c2coc3ccccc23)CC1. The minimum absolute atomic E-state index is 0.00655. The van der Waals surface area contributed by atoms with Gasteiger partial charge < -0.3 is 9.52 Å². The molecule has 1 aliphatic rings. The van der Waals surface area contributed by atoms with Crippen LogP contribution in [0.15, 0.2) is 34.9 Å². The van der Waals surface area contributed by atoms with Gasteiger partial charge in [-0.2, -0.15) is 0 Å². The fraction of sp³-hybridized carbons (Fsp3) is 0.333. The number of hydrogen-bond acceptors (Lipinski definition) is 2. The van der Waals surface area contributed by atoms with Crippen LogP contribution in [0.2, 0.25) is 0 Å². The molecule has 1 aliphatic carbocycles. The van der Waals surface area contributed by atoms with E-state index in [4.69, 9.17) is 4.42 Å². The number of fused-ring (bicyclic) bond motifs is 1. The summed E-state index contributed by atoms with van der Waals surface area (Å²) < 4.78 is 5.47. The lowest BCUT2D eigenvalue weighted by atomic mass is 9.97. The molecule has 1 aromatic carbocycles. The summed E-state index contributed by atoms with van der Waals surface area (Å²) in [6.45, 7) is 0.233. The van der Waals surface area contributed by atoms with Crippen LogP contribution in [0.5, 0.6) is 0 Å². The molecule has 0 spiro atoms. The molecule has 1 saturated carbocycles. The van der Waals surface area contributed by atoms with Gasteiger partial charge in [0.15, 0.2) is 0 Å². The first kappa shape index (κ1) is 8.06. The molecule has 2 heteroatoms. The highest BCUT2D eigenvalue weighted by Crippen LogP contribution is 2.50. The first-order chi connectivity index (χ1) is 6.86. The molecule has 0 aliphatic heterocycles. The van der Waals surface area contributed by atoms with Crippen molar-refractivity contribution in [2.45, 2.75) is 18.3 Å². The molecule has 0 radical (unpaired) electrons. The van der Waals surface area contributed by atoms with Crippen molar-refractivity contribution in [2.75, 3.05) is 6.61 Å². The first-order valence-electron chi connectivity index (χ1n) is 4.93. The quantitative estimate of drug-likeness (QED) is 0.785. The Hall–Kier alpha value is -1.28. The van der Waals surface area contributed by atoms with E-state index in [2.05, 4.69) is 6.07 Å². The monoisotopic (exact) mass is 188 g/mol. The van der Waals surface area contributed by atoms with Crippen LogP contribution < -0.4 is 0 Å². The van der Waals surface area contributed by atoms with Crippen LogP contribution in [0.3, 0.4) is 0 Å². The number of para-hydroxylation sites is 1. The standard InChI is InChI=1S/C12H12O2/c13-8-12(5-6-12)10-7-14-11-4-2-1-3-9(10)11/h1-4,7,13H,5-6,8H2. The number of rotatable bonds is 2.